The lowest BCUT2D eigenvalue weighted by molar-refractivity contribution is -0.136. The molecular weight excluding hydrogens is 306 g/mol. The number of hydrogen-bond acceptors (Lipinski definition) is 4. The summed E-state index contributed by atoms with van der Waals surface area (Å²) in [6, 6.07) is 6.99. The van der Waals surface area contributed by atoms with Gasteiger partial charge in [0.1, 0.15) is 5.82 Å². The van der Waals surface area contributed by atoms with Crippen molar-refractivity contribution in [2.24, 2.45) is 7.05 Å². The standard InChI is InChI=1S/C17H23N5O2/c1-4-8-14(13-9-6-7-10-18-13)19-16(23)17(24)20-15-11-12(5-2)21-22(15)3/h6-7,9-11,14H,4-5,8H2,1-3H3,(H,19,23)(H,20,24)/t14-/m1/s1. The van der Waals surface area contributed by atoms with Gasteiger partial charge in [-0.15, -0.1) is 0 Å². The molecule has 2 N–H and O–H groups in total. The largest absolute Gasteiger partial charge is 0.339 e. The van der Waals surface area contributed by atoms with Crippen molar-refractivity contribution in [2.75, 3.05) is 5.32 Å². The number of pyridine rings is 1. The van der Waals surface area contributed by atoms with E-state index >= 15 is 0 Å². The Balaban J connectivity index is 2.03. The van der Waals surface area contributed by atoms with E-state index in [2.05, 4.69) is 20.7 Å². The zero-order valence-corrected chi connectivity index (χ0v) is 14.2. The Bertz CT molecular complexity index is 696. The maximum Gasteiger partial charge on any atom is 0.314 e. The van der Waals surface area contributed by atoms with Crippen molar-refractivity contribution in [3.05, 3.63) is 41.9 Å². The van der Waals surface area contributed by atoms with Crippen molar-refractivity contribution in [2.45, 2.75) is 39.2 Å². The first-order chi connectivity index (χ1) is 11.5. The van der Waals surface area contributed by atoms with Gasteiger partial charge in [0, 0.05) is 19.3 Å². The molecule has 2 aromatic heterocycles. The fourth-order valence-corrected chi connectivity index (χ4v) is 2.38. The lowest BCUT2D eigenvalue weighted by Crippen LogP contribution is -2.38. The molecule has 0 aliphatic heterocycles. The number of hydrogen-bond donors (Lipinski definition) is 2. The van der Waals surface area contributed by atoms with Crippen molar-refractivity contribution >= 4 is 17.6 Å². The first-order valence-corrected chi connectivity index (χ1v) is 8.10. The predicted octanol–water partition coefficient (Wildman–Crippen LogP) is 1.97. The first-order valence-electron chi connectivity index (χ1n) is 8.10. The number of aromatic nitrogens is 3. The Hall–Kier alpha value is -2.70. The maximum atomic E-state index is 12.2. The Labute approximate surface area is 141 Å². The van der Waals surface area contributed by atoms with Crippen LogP contribution >= 0.6 is 0 Å². The van der Waals surface area contributed by atoms with Crippen molar-refractivity contribution in [1.82, 2.24) is 20.1 Å². The molecule has 0 aliphatic rings. The fraction of sp³-hybridized carbons (Fsp3) is 0.412. The summed E-state index contributed by atoms with van der Waals surface area (Å²) in [7, 11) is 1.72. The number of carbonyl (C=O) groups excluding carboxylic acids is 2. The SMILES string of the molecule is CCC[C@@H](NC(=O)C(=O)Nc1cc(CC)nn1C)c1ccccn1. The molecule has 2 aromatic rings. The van der Waals surface area contributed by atoms with Gasteiger partial charge in [-0.05, 0) is 25.0 Å². The third-order valence-electron chi connectivity index (χ3n) is 3.67. The normalized spacial score (nSPS) is 11.8. The van der Waals surface area contributed by atoms with E-state index in [4.69, 9.17) is 0 Å². The van der Waals surface area contributed by atoms with E-state index in [-0.39, 0.29) is 6.04 Å². The Morgan fingerprint density at radius 1 is 1.25 bits per heavy atom. The molecule has 7 nitrogen and oxygen atoms in total. The molecule has 0 bridgehead atoms. The quantitative estimate of drug-likeness (QED) is 0.793. The molecule has 0 radical (unpaired) electrons. The fourth-order valence-electron chi connectivity index (χ4n) is 2.38. The van der Waals surface area contributed by atoms with E-state index in [1.54, 1.807) is 24.0 Å². The Morgan fingerprint density at radius 3 is 2.62 bits per heavy atom. The Kier molecular flexibility index (Phi) is 6.06. The van der Waals surface area contributed by atoms with E-state index in [1.165, 1.54) is 0 Å². The average Bonchev–Trinajstić information content (AvgIpc) is 2.95. The van der Waals surface area contributed by atoms with Gasteiger partial charge in [0.15, 0.2) is 0 Å². The van der Waals surface area contributed by atoms with Crippen LogP contribution in [0, 0.1) is 0 Å². The molecule has 0 fully saturated rings. The molecule has 7 heteroatoms. The summed E-state index contributed by atoms with van der Waals surface area (Å²) >= 11 is 0. The number of rotatable bonds is 6. The van der Waals surface area contributed by atoms with E-state index < -0.39 is 11.8 Å². The van der Waals surface area contributed by atoms with Gasteiger partial charge in [-0.1, -0.05) is 26.3 Å². The first kappa shape index (κ1) is 17.7. The van der Waals surface area contributed by atoms with Gasteiger partial charge in [0.2, 0.25) is 0 Å². The summed E-state index contributed by atoms with van der Waals surface area (Å²) in [5, 5.41) is 9.58. The summed E-state index contributed by atoms with van der Waals surface area (Å²) in [5.41, 5.74) is 1.60. The van der Waals surface area contributed by atoms with Gasteiger partial charge in [0.05, 0.1) is 17.4 Å². The minimum Gasteiger partial charge on any atom is -0.339 e. The molecule has 0 saturated carbocycles. The lowest BCUT2D eigenvalue weighted by Gasteiger charge is -2.17. The van der Waals surface area contributed by atoms with Gasteiger partial charge in [0.25, 0.3) is 0 Å². The van der Waals surface area contributed by atoms with Crippen LogP contribution in [0.5, 0.6) is 0 Å². The van der Waals surface area contributed by atoms with Gasteiger partial charge in [-0.25, -0.2) is 0 Å². The van der Waals surface area contributed by atoms with Crippen LogP contribution < -0.4 is 10.6 Å². The topological polar surface area (TPSA) is 88.9 Å². The highest BCUT2D eigenvalue weighted by molar-refractivity contribution is 6.39. The zero-order valence-electron chi connectivity index (χ0n) is 14.2. The van der Waals surface area contributed by atoms with Crippen LogP contribution in [0.1, 0.15) is 44.1 Å². The van der Waals surface area contributed by atoms with Crippen LogP contribution in [-0.4, -0.2) is 26.6 Å². The number of anilines is 1. The zero-order chi connectivity index (χ0) is 17.5. The monoisotopic (exact) mass is 329 g/mol. The smallest absolute Gasteiger partial charge is 0.314 e. The third-order valence-corrected chi connectivity index (χ3v) is 3.67. The molecule has 128 valence electrons. The minimum atomic E-state index is -0.710. The summed E-state index contributed by atoms with van der Waals surface area (Å²) in [6.07, 6.45) is 4.01. The van der Waals surface area contributed by atoms with Crippen molar-refractivity contribution in [1.29, 1.82) is 0 Å². The second-order valence-electron chi connectivity index (χ2n) is 5.52. The van der Waals surface area contributed by atoms with Crippen molar-refractivity contribution < 1.29 is 9.59 Å². The second kappa shape index (κ2) is 8.24. The van der Waals surface area contributed by atoms with Crippen LogP contribution in [0.2, 0.25) is 0 Å². The minimum absolute atomic E-state index is 0.285. The molecule has 2 heterocycles. The van der Waals surface area contributed by atoms with Gasteiger partial charge < -0.3 is 10.6 Å². The molecule has 2 rings (SSSR count). The highest BCUT2D eigenvalue weighted by Crippen LogP contribution is 2.16. The number of nitrogens with one attached hydrogen (secondary N) is 2. The highest BCUT2D eigenvalue weighted by atomic mass is 16.2. The number of aryl methyl sites for hydroxylation is 2. The van der Waals surface area contributed by atoms with Gasteiger partial charge >= 0.3 is 11.8 Å². The molecular formula is C17H23N5O2. The molecule has 2 amide bonds. The van der Waals surface area contributed by atoms with Crippen molar-refractivity contribution in [3.63, 3.8) is 0 Å². The summed E-state index contributed by atoms with van der Waals surface area (Å²) in [4.78, 5) is 28.6. The molecule has 0 unspecified atom stereocenters. The van der Waals surface area contributed by atoms with Crippen molar-refractivity contribution in [3.8, 4) is 0 Å². The molecule has 0 spiro atoms. The van der Waals surface area contributed by atoms with Gasteiger partial charge in [-0.3, -0.25) is 19.3 Å². The predicted molar refractivity (Wildman–Crippen MR) is 91.2 cm³/mol. The Morgan fingerprint density at radius 2 is 2.04 bits per heavy atom. The van der Waals surface area contributed by atoms with E-state index in [9.17, 15) is 9.59 Å². The second-order valence-corrected chi connectivity index (χ2v) is 5.52. The summed E-state index contributed by atoms with van der Waals surface area (Å²) < 4.78 is 1.55. The third kappa shape index (κ3) is 4.41. The maximum absolute atomic E-state index is 12.2. The van der Waals surface area contributed by atoms with Gasteiger partial charge in [-0.2, -0.15) is 5.10 Å². The molecule has 0 aliphatic carbocycles. The van der Waals surface area contributed by atoms with Crippen LogP contribution in [0.3, 0.4) is 0 Å². The molecule has 0 saturated heterocycles. The van der Waals surface area contributed by atoms with Crippen LogP contribution in [0.4, 0.5) is 5.82 Å². The van der Waals surface area contributed by atoms with Crippen LogP contribution in [-0.2, 0) is 23.1 Å². The number of amides is 2. The molecule has 24 heavy (non-hydrogen) atoms. The van der Waals surface area contributed by atoms with Crippen LogP contribution in [0.15, 0.2) is 30.5 Å². The van der Waals surface area contributed by atoms with E-state index in [1.807, 2.05) is 32.0 Å². The average molecular weight is 329 g/mol. The summed E-state index contributed by atoms with van der Waals surface area (Å²) in [5.74, 6) is -0.895. The number of nitrogens with zero attached hydrogens (tertiary/aromatic N) is 3. The molecule has 0 aromatic carbocycles. The highest BCUT2D eigenvalue weighted by Gasteiger charge is 2.21. The lowest BCUT2D eigenvalue weighted by atomic mass is 10.1. The molecule has 1 atom stereocenters. The van der Waals surface area contributed by atoms with E-state index in [0.717, 1.165) is 24.2 Å². The number of carbonyl (C=O) groups is 2. The summed E-state index contributed by atoms with van der Waals surface area (Å²) in [6.45, 7) is 3.99. The van der Waals surface area contributed by atoms with Crippen LogP contribution in [0.25, 0.3) is 0 Å². The van der Waals surface area contributed by atoms with E-state index in [0.29, 0.717) is 12.2 Å².